The maximum atomic E-state index is 12.6. The molecule has 2 fully saturated rings. The summed E-state index contributed by atoms with van der Waals surface area (Å²) in [5, 5.41) is 0. The normalized spacial score (nSPS) is 24.3. The molecule has 1 aromatic rings. The highest BCUT2D eigenvalue weighted by atomic mass is 16.5. The molecular formula is C16H24N4O2. The van der Waals surface area contributed by atoms with Crippen molar-refractivity contribution in [2.75, 3.05) is 44.8 Å². The lowest BCUT2D eigenvalue weighted by molar-refractivity contribution is -0.133. The molecular weight excluding hydrogens is 280 g/mol. The summed E-state index contributed by atoms with van der Waals surface area (Å²) >= 11 is 0. The molecule has 0 radical (unpaired) electrons. The van der Waals surface area contributed by atoms with Crippen LogP contribution < -0.4 is 4.90 Å². The maximum absolute atomic E-state index is 12.6. The number of nitrogens with zero attached hydrogens (tertiary/aromatic N) is 4. The number of hydrogen-bond donors (Lipinski definition) is 0. The highest BCUT2D eigenvalue weighted by Gasteiger charge is 2.52. The molecule has 2 aliphatic heterocycles. The van der Waals surface area contributed by atoms with Crippen molar-refractivity contribution in [1.29, 1.82) is 0 Å². The second-order valence-corrected chi connectivity index (χ2v) is 6.26. The highest BCUT2D eigenvalue weighted by molar-refractivity contribution is 5.82. The van der Waals surface area contributed by atoms with E-state index in [1.807, 2.05) is 17.9 Å². The zero-order valence-electron chi connectivity index (χ0n) is 13.4. The largest absolute Gasteiger partial charge is 0.384 e. The predicted molar refractivity (Wildman–Crippen MR) is 83.5 cm³/mol. The minimum atomic E-state index is -0.00343. The Hall–Kier alpha value is -1.69. The quantitative estimate of drug-likeness (QED) is 0.836. The molecule has 3 rings (SSSR count). The van der Waals surface area contributed by atoms with Crippen LogP contribution in [0.25, 0.3) is 0 Å². The van der Waals surface area contributed by atoms with Crippen molar-refractivity contribution < 1.29 is 9.53 Å². The summed E-state index contributed by atoms with van der Waals surface area (Å²) in [6.45, 7) is 6.02. The van der Waals surface area contributed by atoms with E-state index in [2.05, 4.69) is 14.9 Å². The van der Waals surface area contributed by atoms with Gasteiger partial charge in [-0.25, -0.2) is 9.97 Å². The Balaban J connectivity index is 1.74. The first-order valence-electron chi connectivity index (χ1n) is 8.00. The van der Waals surface area contributed by atoms with Crippen LogP contribution in [0.15, 0.2) is 18.5 Å². The smallest absolute Gasteiger partial charge is 0.228 e. The van der Waals surface area contributed by atoms with Gasteiger partial charge in [-0.1, -0.05) is 0 Å². The topological polar surface area (TPSA) is 58.6 Å². The van der Waals surface area contributed by atoms with Gasteiger partial charge in [0.25, 0.3) is 0 Å². The monoisotopic (exact) mass is 304 g/mol. The molecule has 0 aliphatic carbocycles. The van der Waals surface area contributed by atoms with Gasteiger partial charge in [0.2, 0.25) is 11.9 Å². The standard InChI is InChI=1S/C16H24N4O2/c1-3-19-12-16(13(11-22-2)14(19)21)5-9-20(10-6-16)15-17-7-4-8-18-15/h4,7-8,13H,3,5-6,9-12H2,1-2H3. The number of rotatable bonds is 4. The Morgan fingerprint density at radius 1 is 1.32 bits per heavy atom. The van der Waals surface area contributed by atoms with Crippen LogP contribution in [0.2, 0.25) is 0 Å². The number of piperidine rings is 1. The molecule has 22 heavy (non-hydrogen) atoms. The van der Waals surface area contributed by atoms with Crippen LogP contribution in [0.5, 0.6) is 0 Å². The van der Waals surface area contributed by atoms with Crippen molar-refractivity contribution in [2.45, 2.75) is 19.8 Å². The van der Waals surface area contributed by atoms with Gasteiger partial charge < -0.3 is 14.5 Å². The minimum Gasteiger partial charge on any atom is -0.384 e. The lowest BCUT2D eigenvalue weighted by Crippen LogP contribution is -2.46. The molecule has 1 atom stereocenters. The molecule has 1 aromatic heterocycles. The Morgan fingerprint density at radius 3 is 2.59 bits per heavy atom. The molecule has 120 valence electrons. The van der Waals surface area contributed by atoms with Crippen molar-refractivity contribution in [1.82, 2.24) is 14.9 Å². The lowest BCUT2D eigenvalue weighted by Gasteiger charge is -2.41. The van der Waals surface area contributed by atoms with Crippen LogP contribution in [-0.2, 0) is 9.53 Å². The van der Waals surface area contributed by atoms with Gasteiger partial charge in [0, 0.05) is 51.1 Å². The van der Waals surface area contributed by atoms with E-state index < -0.39 is 0 Å². The fourth-order valence-electron chi connectivity index (χ4n) is 3.85. The molecule has 6 nitrogen and oxygen atoms in total. The Morgan fingerprint density at radius 2 is 2.00 bits per heavy atom. The number of aromatic nitrogens is 2. The zero-order chi connectivity index (χ0) is 15.6. The minimum absolute atomic E-state index is 0.00343. The second kappa shape index (κ2) is 6.20. The summed E-state index contributed by atoms with van der Waals surface area (Å²) in [6.07, 6.45) is 5.53. The molecule has 3 heterocycles. The third-order valence-electron chi connectivity index (χ3n) is 5.16. The Kier molecular flexibility index (Phi) is 4.29. The highest BCUT2D eigenvalue weighted by Crippen LogP contribution is 2.45. The average molecular weight is 304 g/mol. The van der Waals surface area contributed by atoms with Crippen molar-refractivity contribution in [3.05, 3.63) is 18.5 Å². The van der Waals surface area contributed by atoms with E-state index in [9.17, 15) is 4.79 Å². The number of carbonyl (C=O) groups excluding carboxylic acids is 1. The summed E-state index contributed by atoms with van der Waals surface area (Å²) < 4.78 is 5.34. The van der Waals surface area contributed by atoms with Gasteiger partial charge in [-0.3, -0.25) is 4.79 Å². The van der Waals surface area contributed by atoms with Crippen molar-refractivity contribution in [3.63, 3.8) is 0 Å². The first kappa shape index (κ1) is 15.2. The van der Waals surface area contributed by atoms with Crippen LogP contribution in [-0.4, -0.2) is 60.7 Å². The fourth-order valence-corrected chi connectivity index (χ4v) is 3.85. The summed E-state index contributed by atoms with van der Waals surface area (Å²) in [4.78, 5) is 25.4. The average Bonchev–Trinajstić information content (AvgIpc) is 2.82. The summed E-state index contributed by atoms with van der Waals surface area (Å²) in [7, 11) is 1.68. The van der Waals surface area contributed by atoms with Crippen molar-refractivity contribution >= 4 is 11.9 Å². The second-order valence-electron chi connectivity index (χ2n) is 6.26. The number of likely N-dealkylation sites (tertiary alicyclic amines) is 1. The van der Waals surface area contributed by atoms with E-state index in [1.165, 1.54) is 0 Å². The molecule has 1 amide bonds. The van der Waals surface area contributed by atoms with E-state index in [1.54, 1.807) is 19.5 Å². The number of hydrogen-bond acceptors (Lipinski definition) is 5. The summed E-state index contributed by atoms with van der Waals surface area (Å²) in [6, 6.07) is 1.83. The van der Waals surface area contributed by atoms with Crippen molar-refractivity contribution in [3.8, 4) is 0 Å². The molecule has 1 unspecified atom stereocenters. The molecule has 0 aromatic carbocycles. The van der Waals surface area contributed by atoms with Crippen molar-refractivity contribution in [2.24, 2.45) is 11.3 Å². The van der Waals surface area contributed by atoms with Gasteiger partial charge in [-0.05, 0) is 25.8 Å². The lowest BCUT2D eigenvalue weighted by atomic mass is 9.71. The van der Waals surface area contributed by atoms with Gasteiger partial charge in [0.05, 0.1) is 12.5 Å². The summed E-state index contributed by atoms with van der Waals surface area (Å²) in [5.41, 5.74) is 0.0500. The predicted octanol–water partition coefficient (Wildman–Crippen LogP) is 1.19. The number of methoxy groups -OCH3 is 1. The fraction of sp³-hybridized carbons (Fsp3) is 0.688. The van der Waals surface area contributed by atoms with E-state index in [4.69, 9.17) is 4.74 Å². The molecule has 6 heteroatoms. The summed E-state index contributed by atoms with van der Waals surface area (Å²) in [5.74, 6) is 1.04. The molecule has 0 N–H and O–H groups in total. The van der Waals surface area contributed by atoms with Crippen LogP contribution in [0, 0.1) is 11.3 Å². The van der Waals surface area contributed by atoms with Crippen LogP contribution in [0.3, 0.4) is 0 Å². The maximum Gasteiger partial charge on any atom is 0.228 e. The first-order valence-corrected chi connectivity index (χ1v) is 8.00. The first-order chi connectivity index (χ1) is 10.7. The Bertz CT molecular complexity index is 514. The van der Waals surface area contributed by atoms with E-state index in [0.717, 1.165) is 45.0 Å². The van der Waals surface area contributed by atoms with Crippen LogP contribution >= 0.6 is 0 Å². The van der Waals surface area contributed by atoms with E-state index in [-0.39, 0.29) is 17.2 Å². The molecule has 2 aliphatic rings. The Labute approximate surface area is 131 Å². The molecule has 2 saturated heterocycles. The number of carbonyl (C=O) groups is 1. The zero-order valence-corrected chi connectivity index (χ0v) is 13.4. The third kappa shape index (κ3) is 2.56. The third-order valence-corrected chi connectivity index (χ3v) is 5.16. The number of anilines is 1. The molecule has 0 saturated carbocycles. The van der Waals surface area contributed by atoms with Gasteiger partial charge in [-0.2, -0.15) is 0 Å². The van der Waals surface area contributed by atoms with E-state index in [0.29, 0.717) is 6.61 Å². The van der Waals surface area contributed by atoms with Gasteiger partial charge in [0.1, 0.15) is 0 Å². The van der Waals surface area contributed by atoms with Gasteiger partial charge in [0.15, 0.2) is 0 Å². The number of amides is 1. The van der Waals surface area contributed by atoms with Crippen LogP contribution in [0.1, 0.15) is 19.8 Å². The van der Waals surface area contributed by atoms with E-state index >= 15 is 0 Å². The van der Waals surface area contributed by atoms with Crippen LogP contribution in [0.4, 0.5) is 5.95 Å². The van der Waals surface area contributed by atoms with Gasteiger partial charge in [-0.15, -0.1) is 0 Å². The SMILES string of the molecule is CCN1CC2(CCN(c3ncccn3)CC2)C(COC)C1=O. The van der Waals surface area contributed by atoms with Gasteiger partial charge >= 0.3 is 0 Å². The number of ether oxygens (including phenoxy) is 1. The molecule has 0 bridgehead atoms. The molecule has 1 spiro atoms.